The highest BCUT2D eigenvalue weighted by Gasteiger charge is 2.07. The van der Waals surface area contributed by atoms with Crippen LogP contribution in [0, 0.1) is 5.41 Å². The molecule has 0 aromatic carbocycles. The van der Waals surface area contributed by atoms with Gasteiger partial charge in [-0.25, -0.2) is 23.5 Å². The second-order valence-electron chi connectivity index (χ2n) is 7.15. The van der Waals surface area contributed by atoms with E-state index in [0.29, 0.717) is 13.1 Å². The van der Waals surface area contributed by atoms with E-state index < -0.39 is 17.2 Å². The molecule has 0 saturated carbocycles. The van der Waals surface area contributed by atoms with Crippen LogP contribution >= 0.6 is 0 Å². The fourth-order valence-corrected chi connectivity index (χ4v) is 3.26. The third-order valence-electron chi connectivity index (χ3n) is 4.94. The first-order valence-electron chi connectivity index (χ1n) is 10.0. The lowest BCUT2D eigenvalue weighted by molar-refractivity contribution is 0.271. The van der Waals surface area contributed by atoms with Gasteiger partial charge in [0, 0.05) is 20.1 Å². The molecule has 10 nitrogen and oxygen atoms in total. The lowest BCUT2D eigenvalue weighted by Crippen LogP contribution is -2.28. The fraction of sp³-hybridized carbons (Fsp3) is 0.778. The van der Waals surface area contributed by atoms with Crippen molar-refractivity contribution in [3.05, 3.63) is 37.2 Å². The van der Waals surface area contributed by atoms with E-state index >= 15 is 0 Å². The molecule has 2 rings (SSSR count). The Bertz CT molecular complexity index is 876. The molecule has 0 aliphatic heterocycles. The zero-order valence-electron chi connectivity index (χ0n) is 16.8. The van der Waals surface area contributed by atoms with Crippen LogP contribution in [0.1, 0.15) is 64.2 Å². The Kier molecular flexibility index (Phi) is 8.34. The number of unbranched alkanes of at least 4 members (excludes halogenated alkanes) is 9. The van der Waals surface area contributed by atoms with Gasteiger partial charge in [0.05, 0.1) is 7.05 Å². The average molecular weight is 397 g/mol. The van der Waals surface area contributed by atoms with Crippen molar-refractivity contribution in [3.63, 3.8) is 0 Å². The molecule has 0 saturated heterocycles. The van der Waals surface area contributed by atoms with Crippen molar-refractivity contribution in [3.8, 4) is 0 Å². The second kappa shape index (κ2) is 10.7. The van der Waals surface area contributed by atoms with Gasteiger partial charge in [0.25, 0.3) is 0 Å². The van der Waals surface area contributed by atoms with Crippen molar-refractivity contribution in [2.75, 3.05) is 0 Å². The van der Waals surface area contributed by atoms with Gasteiger partial charge in [-0.1, -0.05) is 51.4 Å². The number of hydrogen-bond acceptors (Lipinski definition) is 6. The van der Waals surface area contributed by atoms with Gasteiger partial charge in [0.2, 0.25) is 5.62 Å². The molecule has 0 radical (unpaired) electrons. The molecule has 10 heteroatoms. The molecule has 158 valence electrons. The van der Waals surface area contributed by atoms with Crippen LogP contribution < -0.4 is 22.8 Å². The zero-order valence-corrected chi connectivity index (χ0v) is 16.8. The van der Waals surface area contributed by atoms with Gasteiger partial charge < -0.3 is 9.05 Å². The summed E-state index contributed by atoms with van der Waals surface area (Å²) in [5, 5.41) is 7.72. The van der Waals surface area contributed by atoms with Crippen LogP contribution in [-0.2, 0) is 27.2 Å². The van der Waals surface area contributed by atoms with Crippen molar-refractivity contribution in [2.45, 2.75) is 77.3 Å². The van der Waals surface area contributed by atoms with Crippen LogP contribution in [0.4, 0.5) is 0 Å². The quantitative estimate of drug-likeness (QED) is 0.511. The fourth-order valence-electron chi connectivity index (χ4n) is 3.26. The van der Waals surface area contributed by atoms with E-state index in [0.717, 1.165) is 54.3 Å². The number of rotatable bonds is 13. The Hall–Kier alpha value is -2.52. The molecule has 28 heavy (non-hydrogen) atoms. The maximum absolute atomic E-state index is 11.6. The molecule has 0 bridgehead atoms. The lowest BCUT2D eigenvalue weighted by atomic mass is 10.1. The topological polar surface area (TPSA) is 121 Å². The number of hydrogen-bond donors (Lipinski definition) is 1. The molecule has 0 aliphatic carbocycles. The predicted octanol–water partition coefficient (Wildman–Crippen LogP) is 1.31. The van der Waals surface area contributed by atoms with Crippen molar-refractivity contribution >= 4 is 0 Å². The van der Waals surface area contributed by atoms with E-state index in [2.05, 4.69) is 0 Å². The molecule has 2 aromatic heterocycles. The van der Waals surface area contributed by atoms with Crippen LogP contribution in [0.25, 0.3) is 0 Å². The Labute approximate surface area is 162 Å². The molecule has 0 spiro atoms. The van der Waals surface area contributed by atoms with Crippen LogP contribution in [-0.4, -0.2) is 18.6 Å². The molecule has 0 amide bonds. The highest BCUT2D eigenvalue weighted by Crippen LogP contribution is 2.11. The van der Waals surface area contributed by atoms with Crippen molar-refractivity contribution in [1.82, 2.24) is 18.6 Å². The second-order valence-corrected chi connectivity index (χ2v) is 7.15. The number of nitrogens with zero attached hydrogens (tertiary/aromatic N) is 4. The van der Waals surface area contributed by atoms with Crippen LogP contribution in [0.5, 0.6) is 0 Å². The minimum atomic E-state index is -0.585. The maximum atomic E-state index is 11.6. The normalized spacial score (nSPS) is 11.4. The molecule has 0 aliphatic rings. The van der Waals surface area contributed by atoms with Crippen molar-refractivity contribution in [2.24, 2.45) is 14.1 Å². The number of aryl methyl sites for hydroxylation is 2. The van der Waals surface area contributed by atoms with E-state index in [-0.39, 0.29) is 5.62 Å². The highest BCUT2D eigenvalue weighted by atomic mass is 16.5. The van der Waals surface area contributed by atoms with Gasteiger partial charge in [-0.05, 0) is 12.8 Å². The zero-order chi connectivity index (χ0) is 20.5. The van der Waals surface area contributed by atoms with Crippen molar-refractivity contribution in [1.29, 1.82) is 5.41 Å². The van der Waals surface area contributed by atoms with Gasteiger partial charge in [0.1, 0.15) is 0 Å². The van der Waals surface area contributed by atoms with E-state index in [9.17, 15) is 14.4 Å². The summed E-state index contributed by atoms with van der Waals surface area (Å²) in [6, 6.07) is 0. The molecular weight excluding hydrogens is 366 g/mol. The molecule has 2 aromatic rings. The van der Waals surface area contributed by atoms with Crippen LogP contribution in [0.2, 0.25) is 0 Å². The summed E-state index contributed by atoms with van der Waals surface area (Å²) in [5.41, 5.74) is -0.293. The van der Waals surface area contributed by atoms with Crippen molar-refractivity contribution < 1.29 is 9.05 Å². The number of aromatic nitrogens is 4. The Morgan fingerprint density at radius 3 is 1.43 bits per heavy atom. The van der Waals surface area contributed by atoms with E-state index in [1.165, 1.54) is 35.6 Å². The van der Waals surface area contributed by atoms with Crippen LogP contribution in [0.3, 0.4) is 0 Å². The average Bonchev–Trinajstić information content (AvgIpc) is 3.04. The molecule has 2 heterocycles. The first-order chi connectivity index (χ1) is 13.4. The summed E-state index contributed by atoms with van der Waals surface area (Å²) < 4.78 is 14.2. The lowest BCUT2D eigenvalue weighted by Gasteiger charge is -2.03. The minimum absolute atomic E-state index is 0.100. The summed E-state index contributed by atoms with van der Waals surface area (Å²) in [5.74, 6) is -1.05. The summed E-state index contributed by atoms with van der Waals surface area (Å²) in [6.45, 7) is 0.949. The molecular formula is C18H31N5O5. The highest BCUT2D eigenvalue weighted by molar-refractivity contribution is 4.64. The Morgan fingerprint density at radius 1 is 0.643 bits per heavy atom. The summed E-state index contributed by atoms with van der Waals surface area (Å²) in [7, 11) is 2.99. The Morgan fingerprint density at radius 2 is 1.04 bits per heavy atom. The molecule has 0 atom stereocenters. The summed E-state index contributed by atoms with van der Waals surface area (Å²) in [6.07, 6.45) is 10.6. The summed E-state index contributed by atoms with van der Waals surface area (Å²) >= 11 is 0. The molecule has 0 fully saturated rings. The Balaban J connectivity index is 1.45. The first-order valence-corrected chi connectivity index (χ1v) is 10.0. The molecule has 1 N–H and O–H groups in total. The van der Waals surface area contributed by atoms with E-state index in [4.69, 9.17) is 14.5 Å². The minimum Gasteiger partial charge on any atom is -0.318 e. The SMILES string of the molecule is Cn1oc(=O)n(CCCCCCCCCCCCn2c(=O)on(C)c2=O)c1=N. The molecule has 0 unspecified atom stereocenters. The third-order valence-corrected chi connectivity index (χ3v) is 4.94. The summed E-state index contributed by atoms with van der Waals surface area (Å²) in [4.78, 5) is 34.6. The smallest absolute Gasteiger partial charge is 0.318 e. The van der Waals surface area contributed by atoms with E-state index in [1.807, 2.05) is 0 Å². The van der Waals surface area contributed by atoms with E-state index in [1.54, 1.807) is 7.05 Å². The largest absolute Gasteiger partial charge is 0.442 e. The van der Waals surface area contributed by atoms with Crippen LogP contribution in [0.15, 0.2) is 23.4 Å². The maximum Gasteiger partial charge on any atom is 0.442 e. The van der Waals surface area contributed by atoms with Gasteiger partial charge >= 0.3 is 17.2 Å². The van der Waals surface area contributed by atoms with Gasteiger partial charge in [0.15, 0.2) is 0 Å². The van der Waals surface area contributed by atoms with Gasteiger partial charge in [-0.3, -0.25) is 5.41 Å². The van der Waals surface area contributed by atoms with Gasteiger partial charge in [-0.2, -0.15) is 9.48 Å². The predicted molar refractivity (Wildman–Crippen MR) is 102 cm³/mol. The monoisotopic (exact) mass is 397 g/mol. The third kappa shape index (κ3) is 6.00. The van der Waals surface area contributed by atoms with Gasteiger partial charge in [-0.15, -0.1) is 0 Å². The number of nitrogens with one attached hydrogen (secondary N) is 1. The first kappa shape index (κ1) is 21.8. The standard InChI is InChI=1S/C18H31N5O5/c1-20-15(19)22(17(25)27-20)13-11-9-7-5-3-4-6-8-10-12-14-23-16(24)21(2)28-18(23)26/h19H,3-14H2,1-2H3.